The predicted octanol–water partition coefficient (Wildman–Crippen LogP) is 2.15. The molecule has 1 aromatic rings. The van der Waals surface area contributed by atoms with Gasteiger partial charge in [-0.25, -0.2) is 0 Å². The fourth-order valence-corrected chi connectivity index (χ4v) is 2.44. The third-order valence-corrected chi connectivity index (χ3v) is 3.47. The van der Waals surface area contributed by atoms with Gasteiger partial charge in [-0.3, -0.25) is 9.59 Å². The summed E-state index contributed by atoms with van der Waals surface area (Å²) in [4.78, 5) is 28.3. The second-order valence-electron chi connectivity index (χ2n) is 5.44. The van der Waals surface area contributed by atoms with Crippen molar-refractivity contribution in [3.05, 3.63) is 29.8 Å². The molecule has 0 aromatic heterocycles. The van der Waals surface area contributed by atoms with Crippen LogP contribution >= 0.6 is 0 Å². The predicted molar refractivity (Wildman–Crippen MR) is 75.2 cm³/mol. The highest BCUT2D eigenvalue weighted by Crippen LogP contribution is 2.27. The second-order valence-corrected chi connectivity index (χ2v) is 5.44. The van der Waals surface area contributed by atoms with Crippen LogP contribution in [-0.4, -0.2) is 36.3 Å². The molecule has 1 heterocycles. The lowest BCUT2D eigenvalue weighted by Gasteiger charge is -2.28. The van der Waals surface area contributed by atoms with Crippen molar-refractivity contribution in [1.82, 2.24) is 4.90 Å². The molecule has 0 bridgehead atoms. The summed E-state index contributed by atoms with van der Waals surface area (Å²) in [6.07, 6.45) is 0. The van der Waals surface area contributed by atoms with E-state index in [1.165, 1.54) is 0 Å². The van der Waals surface area contributed by atoms with Gasteiger partial charge in [0.25, 0.3) is 5.91 Å². The SMILES string of the molecule is CC(C)CN1C(=O)c2ccccc2N(C)C(=O)C1C. The minimum atomic E-state index is -0.424. The Balaban J connectivity index is 2.51. The molecule has 0 fully saturated rings. The van der Waals surface area contributed by atoms with Crippen LogP contribution in [0, 0.1) is 5.92 Å². The topological polar surface area (TPSA) is 40.6 Å². The molecule has 4 nitrogen and oxygen atoms in total. The van der Waals surface area contributed by atoms with E-state index in [4.69, 9.17) is 0 Å². The first-order valence-corrected chi connectivity index (χ1v) is 6.61. The van der Waals surface area contributed by atoms with Gasteiger partial charge in [0.1, 0.15) is 6.04 Å². The second kappa shape index (κ2) is 5.03. The summed E-state index contributed by atoms with van der Waals surface area (Å²) < 4.78 is 0. The Morgan fingerprint density at radius 1 is 1.21 bits per heavy atom. The molecule has 0 aliphatic carbocycles. The number of benzene rings is 1. The van der Waals surface area contributed by atoms with Crippen molar-refractivity contribution in [2.45, 2.75) is 26.8 Å². The quantitative estimate of drug-likeness (QED) is 0.817. The highest BCUT2D eigenvalue weighted by Gasteiger charge is 2.35. The van der Waals surface area contributed by atoms with E-state index < -0.39 is 6.04 Å². The molecule has 1 aromatic carbocycles. The summed E-state index contributed by atoms with van der Waals surface area (Å²) >= 11 is 0. The van der Waals surface area contributed by atoms with Crippen molar-refractivity contribution in [3.8, 4) is 0 Å². The molecular weight excluding hydrogens is 240 g/mol. The molecule has 2 amide bonds. The molecule has 19 heavy (non-hydrogen) atoms. The monoisotopic (exact) mass is 260 g/mol. The van der Waals surface area contributed by atoms with E-state index in [9.17, 15) is 9.59 Å². The molecule has 0 saturated carbocycles. The first-order chi connectivity index (χ1) is 8.93. The van der Waals surface area contributed by atoms with Crippen LogP contribution < -0.4 is 4.90 Å². The number of para-hydroxylation sites is 1. The van der Waals surface area contributed by atoms with Crippen molar-refractivity contribution in [3.63, 3.8) is 0 Å². The van der Waals surface area contributed by atoms with Crippen LogP contribution in [0.1, 0.15) is 31.1 Å². The molecule has 4 heteroatoms. The number of hydrogen-bond donors (Lipinski definition) is 0. The Labute approximate surface area is 114 Å². The molecule has 1 aliphatic rings. The lowest BCUT2D eigenvalue weighted by Crippen LogP contribution is -2.47. The van der Waals surface area contributed by atoms with Gasteiger partial charge in [-0.15, -0.1) is 0 Å². The molecule has 0 N–H and O–H groups in total. The molecule has 1 aliphatic heterocycles. The van der Waals surface area contributed by atoms with Crippen molar-refractivity contribution >= 4 is 17.5 Å². The first kappa shape index (κ1) is 13.6. The van der Waals surface area contributed by atoms with E-state index >= 15 is 0 Å². The fourth-order valence-electron chi connectivity index (χ4n) is 2.44. The molecule has 0 radical (unpaired) electrons. The number of anilines is 1. The number of rotatable bonds is 2. The minimum Gasteiger partial charge on any atom is -0.327 e. The van der Waals surface area contributed by atoms with Gasteiger partial charge in [-0.2, -0.15) is 0 Å². The maximum Gasteiger partial charge on any atom is 0.256 e. The molecule has 1 unspecified atom stereocenters. The summed E-state index contributed by atoms with van der Waals surface area (Å²) in [6, 6.07) is 6.85. The Morgan fingerprint density at radius 2 is 1.84 bits per heavy atom. The third kappa shape index (κ3) is 2.35. The van der Waals surface area contributed by atoms with E-state index in [0.717, 1.165) is 0 Å². The maximum atomic E-state index is 12.6. The lowest BCUT2D eigenvalue weighted by atomic mass is 10.1. The molecule has 102 valence electrons. The highest BCUT2D eigenvalue weighted by atomic mass is 16.2. The van der Waals surface area contributed by atoms with Gasteiger partial charge in [0, 0.05) is 13.6 Å². The minimum absolute atomic E-state index is 0.0426. The van der Waals surface area contributed by atoms with Crippen LogP contribution in [0.3, 0.4) is 0 Å². The molecule has 0 spiro atoms. The zero-order chi connectivity index (χ0) is 14.2. The summed E-state index contributed by atoms with van der Waals surface area (Å²) in [5, 5.41) is 0. The van der Waals surface area contributed by atoms with Gasteiger partial charge in [-0.05, 0) is 25.0 Å². The third-order valence-electron chi connectivity index (χ3n) is 3.47. The zero-order valence-electron chi connectivity index (χ0n) is 11.9. The van der Waals surface area contributed by atoms with Gasteiger partial charge < -0.3 is 9.80 Å². The van der Waals surface area contributed by atoms with Crippen LogP contribution in [-0.2, 0) is 4.79 Å². The lowest BCUT2D eigenvalue weighted by molar-refractivity contribution is -0.122. The Hall–Kier alpha value is -1.84. The summed E-state index contributed by atoms with van der Waals surface area (Å²) in [5.74, 6) is 0.225. The van der Waals surface area contributed by atoms with Gasteiger partial charge in [0.15, 0.2) is 0 Å². The van der Waals surface area contributed by atoms with Crippen molar-refractivity contribution < 1.29 is 9.59 Å². The molecule has 0 saturated heterocycles. The number of fused-ring (bicyclic) bond motifs is 1. The fraction of sp³-hybridized carbons (Fsp3) is 0.467. The van der Waals surface area contributed by atoms with Crippen molar-refractivity contribution in [1.29, 1.82) is 0 Å². The van der Waals surface area contributed by atoms with Gasteiger partial charge in [0.05, 0.1) is 11.3 Å². The Bertz CT molecular complexity index is 511. The van der Waals surface area contributed by atoms with Crippen LogP contribution in [0.4, 0.5) is 5.69 Å². The number of amides is 2. The molecule has 1 atom stereocenters. The Kier molecular flexibility index (Phi) is 3.60. The van der Waals surface area contributed by atoms with E-state index in [-0.39, 0.29) is 11.8 Å². The number of carbonyl (C=O) groups excluding carboxylic acids is 2. The van der Waals surface area contributed by atoms with Gasteiger partial charge in [-0.1, -0.05) is 26.0 Å². The summed E-state index contributed by atoms with van der Waals surface area (Å²) in [6.45, 7) is 6.48. The maximum absolute atomic E-state index is 12.6. The number of likely N-dealkylation sites (N-methyl/N-ethyl adjacent to an activating group) is 1. The standard InChI is InChI=1S/C15H20N2O2/c1-10(2)9-17-11(3)14(18)16(4)13-8-6-5-7-12(13)15(17)19/h5-8,10-11H,9H2,1-4H3. The normalized spacial score (nSPS) is 19.7. The van der Waals surface area contributed by atoms with Crippen LogP contribution in [0.15, 0.2) is 24.3 Å². The number of nitrogens with zero attached hydrogens (tertiary/aromatic N) is 2. The Morgan fingerprint density at radius 3 is 2.47 bits per heavy atom. The van der Waals surface area contributed by atoms with Gasteiger partial charge >= 0.3 is 0 Å². The zero-order valence-corrected chi connectivity index (χ0v) is 11.9. The van der Waals surface area contributed by atoms with E-state index in [2.05, 4.69) is 0 Å². The molecule has 2 rings (SSSR count). The van der Waals surface area contributed by atoms with Crippen LogP contribution in [0.5, 0.6) is 0 Å². The number of carbonyl (C=O) groups is 2. The van der Waals surface area contributed by atoms with Crippen LogP contribution in [0.25, 0.3) is 0 Å². The van der Waals surface area contributed by atoms with Crippen molar-refractivity contribution in [2.24, 2.45) is 5.92 Å². The summed E-state index contributed by atoms with van der Waals surface area (Å²) in [7, 11) is 1.73. The van der Waals surface area contributed by atoms with Crippen LogP contribution in [0.2, 0.25) is 0 Å². The van der Waals surface area contributed by atoms with Crippen molar-refractivity contribution in [2.75, 3.05) is 18.5 Å². The molecular formula is C15H20N2O2. The number of hydrogen-bond acceptors (Lipinski definition) is 2. The van der Waals surface area contributed by atoms with E-state index in [1.54, 1.807) is 29.8 Å². The average molecular weight is 260 g/mol. The largest absolute Gasteiger partial charge is 0.327 e. The smallest absolute Gasteiger partial charge is 0.256 e. The highest BCUT2D eigenvalue weighted by molar-refractivity contribution is 6.10. The summed E-state index contributed by atoms with van der Waals surface area (Å²) in [5.41, 5.74) is 1.29. The average Bonchev–Trinajstić information content (AvgIpc) is 2.46. The first-order valence-electron chi connectivity index (χ1n) is 6.61. The van der Waals surface area contributed by atoms with Gasteiger partial charge in [0.2, 0.25) is 5.91 Å². The van der Waals surface area contributed by atoms with E-state index in [0.29, 0.717) is 23.7 Å². The van der Waals surface area contributed by atoms with E-state index in [1.807, 2.05) is 32.0 Å².